The molecule has 1 rings (SSSR count). The van der Waals surface area contributed by atoms with E-state index in [1.54, 1.807) is 0 Å². The number of phenolic OH excluding ortho intramolecular Hbond substituents is 1. The van der Waals surface area contributed by atoms with E-state index in [4.69, 9.17) is 16.3 Å². The molecule has 0 unspecified atom stereocenters. The van der Waals surface area contributed by atoms with Crippen molar-refractivity contribution < 1.29 is 14.6 Å². The molecule has 76 valence electrons. The molecule has 0 saturated heterocycles. The number of halogens is 1. The molecule has 0 atom stereocenters. The minimum absolute atomic E-state index is 0.133. The first-order valence-corrected chi connectivity index (χ1v) is 4.26. The zero-order chi connectivity index (χ0) is 10.7. The van der Waals surface area contributed by atoms with Crippen molar-refractivity contribution in [3.63, 3.8) is 0 Å². The third-order valence-electron chi connectivity index (χ3n) is 1.57. The highest BCUT2D eigenvalue weighted by Crippen LogP contribution is 2.36. The monoisotopic (exact) mass is 215 g/mol. The molecule has 0 fully saturated rings. The minimum Gasteiger partial charge on any atom is -0.503 e. The van der Waals surface area contributed by atoms with E-state index in [1.807, 2.05) is 0 Å². The number of ether oxygens (including phenoxy) is 1. The van der Waals surface area contributed by atoms with Crippen molar-refractivity contribution in [3.8, 4) is 11.5 Å². The van der Waals surface area contributed by atoms with Gasteiger partial charge in [-0.1, -0.05) is 11.6 Å². The SMILES string of the molecule is COc1cc(NC(C)=O)cc(Cl)c1O. The number of rotatable bonds is 2. The van der Waals surface area contributed by atoms with Gasteiger partial charge in [-0.15, -0.1) is 0 Å². The Balaban J connectivity index is 3.09. The van der Waals surface area contributed by atoms with Crippen LogP contribution in [0.5, 0.6) is 11.5 Å². The van der Waals surface area contributed by atoms with Crippen LogP contribution in [-0.2, 0) is 4.79 Å². The standard InChI is InChI=1S/C9H10ClNO3/c1-5(12)11-6-3-7(10)9(13)8(4-6)14-2/h3-4,13H,1-2H3,(H,11,12). The molecule has 0 radical (unpaired) electrons. The second kappa shape index (κ2) is 4.19. The van der Waals surface area contributed by atoms with Crippen LogP contribution in [0.3, 0.4) is 0 Å². The maximum absolute atomic E-state index is 10.8. The maximum atomic E-state index is 10.8. The predicted molar refractivity (Wildman–Crippen MR) is 54.0 cm³/mol. The Bertz CT molecular complexity index is 365. The molecule has 1 aromatic carbocycles. The first-order valence-electron chi connectivity index (χ1n) is 3.88. The van der Waals surface area contributed by atoms with E-state index in [1.165, 1.54) is 26.2 Å². The van der Waals surface area contributed by atoms with Crippen LogP contribution in [0.25, 0.3) is 0 Å². The van der Waals surface area contributed by atoms with Crippen LogP contribution < -0.4 is 10.1 Å². The van der Waals surface area contributed by atoms with Gasteiger partial charge in [-0.25, -0.2) is 0 Å². The van der Waals surface area contributed by atoms with Gasteiger partial charge < -0.3 is 15.2 Å². The van der Waals surface area contributed by atoms with Crippen molar-refractivity contribution in [2.75, 3.05) is 12.4 Å². The topological polar surface area (TPSA) is 58.6 Å². The third kappa shape index (κ3) is 2.29. The Morgan fingerprint density at radius 1 is 1.57 bits per heavy atom. The first kappa shape index (κ1) is 10.7. The predicted octanol–water partition coefficient (Wildman–Crippen LogP) is 2.01. The highest BCUT2D eigenvalue weighted by Gasteiger charge is 2.09. The quantitative estimate of drug-likeness (QED) is 0.742. The van der Waals surface area contributed by atoms with Gasteiger partial charge in [0.25, 0.3) is 0 Å². The summed E-state index contributed by atoms with van der Waals surface area (Å²) in [4.78, 5) is 10.8. The average molecular weight is 216 g/mol. The number of carbonyl (C=O) groups is 1. The molecule has 2 N–H and O–H groups in total. The number of hydrogen-bond acceptors (Lipinski definition) is 3. The van der Waals surface area contributed by atoms with Gasteiger partial charge in [0.15, 0.2) is 11.5 Å². The molecule has 5 heteroatoms. The number of benzene rings is 1. The summed E-state index contributed by atoms with van der Waals surface area (Å²) in [5.74, 6) is -0.127. The van der Waals surface area contributed by atoms with Crippen LogP contribution in [-0.4, -0.2) is 18.1 Å². The number of nitrogens with one attached hydrogen (secondary N) is 1. The molecule has 0 heterocycles. The van der Waals surface area contributed by atoms with E-state index in [0.717, 1.165) is 0 Å². The molecule has 1 amide bonds. The first-order chi connectivity index (χ1) is 6.54. The molecular weight excluding hydrogens is 206 g/mol. The summed E-state index contributed by atoms with van der Waals surface area (Å²) < 4.78 is 4.86. The van der Waals surface area contributed by atoms with E-state index >= 15 is 0 Å². The zero-order valence-corrected chi connectivity index (χ0v) is 8.55. The fourth-order valence-electron chi connectivity index (χ4n) is 1.00. The Labute approximate surface area is 86.4 Å². The molecule has 0 aliphatic rings. The Hall–Kier alpha value is -1.42. The van der Waals surface area contributed by atoms with Crippen LogP contribution in [0.2, 0.25) is 5.02 Å². The normalized spacial score (nSPS) is 9.64. The van der Waals surface area contributed by atoms with Crippen LogP contribution >= 0.6 is 11.6 Å². The second-order valence-electron chi connectivity index (χ2n) is 2.69. The van der Waals surface area contributed by atoms with Gasteiger partial charge in [0.2, 0.25) is 5.91 Å². The van der Waals surface area contributed by atoms with Crippen LogP contribution in [0.1, 0.15) is 6.92 Å². The number of anilines is 1. The van der Waals surface area contributed by atoms with Crippen LogP contribution in [0.15, 0.2) is 12.1 Å². The molecule has 0 bridgehead atoms. The lowest BCUT2D eigenvalue weighted by atomic mass is 10.2. The van der Waals surface area contributed by atoms with Crippen molar-refractivity contribution >= 4 is 23.2 Å². The number of carbonyl (C=O) groups excluding carboxylic acids is 1. The number of amides is 1. The highest BCUT2D eigenvalue weighted by atomic mass is 35.5. The van der Waals surface area contributed by atoms with E-state index in [2.05, 4.69) is 5.32 Å². The Morgan fingerprint density at radius 2 is 2.21 bits per heavy atom. The molecule has 0 spiro atoms. The van der Waals surface area contributed by atoms with Crippen molar-refractivity contribution in [2.45, 2.75) is 6.92 Å². The molecule has 1 aromatic rings. The molecule has 0 aliphatic carbocycles. The zero-order valence-electron chi connectivity index (χ0n) is 7.80. The van der Waals surface area contributed by atoms with E-state index in [0.29, 0.717) is 5.69 Å². The molecular formula is C9H10ClNO3. The summed E-state index contributed by atoms with van der Waals surface area (Å²) in [7, 11) is 1.41. The van der Waals surface area contributed by atoms with Gasteiger partial charge >= 0.3 is 0 Å². The van der Waals surface area contributed by atoms with E-state index in [-0.39, 0.29) is 22.4 Å². The number of phenols is 1. The van der Waals surface area contributed by atoms with Gasteiger partial charge in [-0.3, -0.25) is 4.79 Å². The lowest BCUT2D eigenvalue weighted by Crippen LogP contribution is -2.05. The van der Waals surface area contributed by atoms with Crippen molar-refractivity contribution in [1.82, 2.24) is 0 Å². The molecule has 0 saturated carbocycles. The summed E-state index contributed by atoms with van der Waals surface area (Å²) in [6.07, 6.45) is 0. The van der Waals surface area contributed by atoms with Crippen LogP contribution in [0, 0.1) is 0 Å². The lowest BCUT2D eigenvalue weighted by molar-refractivity contribution is -0.114. The van der Waals surface area contributed by atoms with Gasteiger partial charge in [-0.05, 0) is 6.07 Å². The fourth-order valence-corrected chi connectivity index (χ4v) is 1.22. The van der Waals surface area contributed by atoms with Crippen molar-refractivity contribution in [2.24, 2.45) is 0 Å². The number of aromatic hydroxyl groups is 1. The third-order valence-corrected chi connectivity index (χ3v) is 1.86. The molecule has 0 aromatic heterocycles. The summed E-state index contributed by atoms with van der Waals surface area (Å²) in [5.41, 5.74) is 0.483. The Kier molecular flexibility index (Phi) is 3.19. The summed E-state index contributed by atoms with van der Waals surface area (Å²) in [6.45, 7) is 1.38. The minimum atomic E-state index is -0.214. The van der Waals surface area contributed by atoms with Crippen molar-refractivity contribution in [3.05, 3.63) is 17.2 Å². The fraction of sp³-hybridized carbons (Fsp3) is 0.222. The number of hydrogen-bond donors (Lipinski definition) is 2. The Morgan fingerprint density at radius 3 is 2.71 bits per heavy atom. The van der Waals surface area contributed by atoms with E-state index < -0.39 is 0 Å². The number of methoxy groups -OCH3 is 1. The highest BCUT2D eigenvalue weighted by molar-refractivity contribution is 6.32. The van der Waals surface area contributed by atoms with Gasteiger partial charge in [-0.2, -0.15) is 0 Å². The van der Waals surface area contributed by atoms with Crippen molar-refractivity contribution in [1.29, 1.82) is 0 Å². The lowest BCUT2D eigenvalue weighted by Gasteiger charge is -2.08. The van der Waals surface area contributed by atoms with E-state index in [9.17, 15) is 9.90 Å². The molecule has 0 aliphatic heterocycles. The molecule has 4 nitrogen and oxygen atoms in total. The summed E-state index contributed by atoms with van der Waals surface area (Å²) in [6, 6.07) is 2.93. The average Bonchev–Trinajstić information content (AvgIpc) is 2.10. The van der Waals surface area contributed by atoms with Gasteiger partial charge in [0, 0.05) is 18.7 Å². The van der Waals surface area contributed by atoms with Gasteiger partial charge in [0.05, 0.1) is 12.1 Å². The smallest absolute Gasteiger partial charge is 0.221 e. The van der Waals surface area contributed by atoms with Crippen LogP contribution in [0.4, 0.5) is 5.69 Å². The molecule has 14 heavy (non-hydrogen) atoms. The summed E-state index contributed by atoms with van der Waals surface area (Å²) in [5, 5.41) is 12.1. The summed E-state index contributed by atoms with van der Waals surface area (Å²) >= 11 is 5.70. The largest absolute Gasteiger partial charge is 0.503 e. The maximum Gasteiger partial charge on any atom is 0.221 e. The second-order valence-corrected chi connectivity index (χ2v) is 3.10. The van der Waals surface area contributed by atoms with Gasteiger partial charge in [0.1, 0.15) is 0 Å².